The molecular weight excluding hydrogens is 230 g/mol. The summed E-state index contributed by atoms with van der Waals surface area (Å²) in [5.41, 5.74) is 3.13. The van der Waals surface area contributed by atoms with Crippen molar-refractivity contribution >= 4 is 0 Å². The van der Waals surface area contributed by atoms with Gasteiger partial charge in [-0.25, -0.2) is 0 Å². The highest BCUT2D eigenvalue weighted by Crippen LogP contribution is 2.39. The van der Waals surface area contributed by atoms with Crippen molar-refractivity contribution in [3.63, 3.8) is 0 Å². The smallest absolute Gasteiger partial charge is 0.0354 e. The average molecular weight is 259 g/mol. The standard InChI is InChI=1S/C18H29N/c1-4-8-14(3)12-16-13-15-9-6-7-10-17(15)18(16)19-11-5-2/h6-7,9-10,14,16,18-19H,4-5,8,11-13H2,1-3H3. The monoisotopic (exact) mass is 259 g/mol. The summed E-state index contributed by atoms with van der Waals surface area (Å²) < 4.78 is 0. The van der Waals surface area contributed by atoms with Crippen molar-refractivity contribution in [2.75, 3.05) is 6.54 Å². The molecule has 0 saturated carbocycles. The maximum absolute atomic E-state index is 3.79. The molecule has 1 aromatic carbocycles. The van der Waals surface area contributed by atoms with Crippen molar-refractivity contribution in [2.45, 2.75) is 58.9 Å². The van der Waals surface area contributed by atoms with E-state index in [1.807, 2.05) is 0 Å². The van der Waals surface area contributed by atoms with Crippen LogP contribution in [0.15, 0.2) is 24.3 Å². The molecule has 106 valence electrons. The zero-order valence-electron chi connectivity index (χ0n) is 12.8. The first-order chi connectivity index (χ1) is 9.26. The highest BCUT2D eigenvalue weighted by atomic mass is 14.9. The molecule has 0 aromatic heterocycles. The Morgan fingerprint density at radius 3 is 2.74 bits per heavy atom. The molecule has 0 radical (unpaired) electrons. The SMILES string of the molecule is CCCNC1c2ccccc2CC1CC(C)CCC. The largest absolute Gasteiger partial charge is 0.310 e. The van der Waals surface area contributed by atoms with Crippen LogP contribution < -0.4 is 5.32 Å². The van der Waals surface area contributed by atoms with Gasteiger partial charge in [0.25, 0.3) is 0 Å². The average Bonchev–Trinajstić information content (AvgIpc) is 2.74. The van der Waals surface area contributed by atoms with Gasteiger partial charge in [-0.1, -0.05) is 57.9 Å². The van der Waals surface area contributed by atoms with Crippen molar-refractivity contribution in [2.24, 2.45) is 11.8 Å². The summed E-state index contributed by atoms with van der Waals surface area (Å²) in [5, 5.41) is 3.79. The summed E-state index contributed by atoms with van der Waals surface area (Å²) in [5.74, 6) is 1.65. The fraction of sp³-hybridized carbons (Fsp3) is 0.667. The number of fused-ring (bicyclic) bond motifs is 1. The summed E-state index contributed by atoms with van der Waals surface area (Å²) in [6.45, 7) is 8.11. The van der Waals surface area contributed by atoms with Gasteiger partial charge in [0.1, 0.15) is 0 Å². The molecule has 0 bridgehead atoms. The first-order valence-corrected chi connectivity index (χ1v) is 8.07. The molecule has 0 saturated heterocycles. The van der Waals surface area contributed by atoms with E-state index in [2.05, 4.69) is 50.4 Å². The van der Waals surface area contributed by atoms with Gasteiger partial charge in [-0.2, -0.15) is 0 Å². The van der Waals surface area contributed by atoms with Crippen molar-refractivity contribution in [3.8, 4) is 0 Å². The molecular formula is C18H29N. The molecule has 1 nitrogen and oxygen atoms in total. The normalized spacial score (nSPS) is 23.3. The molecule has 0 fully saturated rings. The Morgan fingerprint density at radius 2 is 2.00 bits per heavy atom. The van der Waals surface area contributed by atoms with Gasteiger partial charge in [-0.15, -0.1) is 0 Å². The molecule has 3 atom stereocenters. The Morgan fingerprint density at radius 1 is 1.21 bits per heavy atom. The topological polar surface area (TPSA) is 12.0 Å². The second-order valence-electron chi connectivity index (χ2n) is 6.22. The third kappa shape index (κ3) is 3.60. The molecule has 1 aromatic rings. The van der Waals surface area contributed by atoms with E-state index in [1.54, 1.807) is 11.1 Å². The van der Waals surface area contributed by atoms with Gasteiger partial charge < -0.3 is 5.32 Å². The lowest BCUT2D eigenvalue weighted by Gasteiger charge is -2.24. The highest BCUT2D eigenvalue weighted by Gasteiger charge is 2.32. The summed E-state index contributed by atoms with van der Waals surface area (Å²) in [7, 11) is 0. The van der Waals surface area contributed by atoms with Gasteiger partial charge in [0, 0.05) is 6.04 Å². The van der Waals surface area contributed by atoms with Crippen molar-refractivity contribution in [1.29, 1.82) is 0 Å². The highest BCUT2D eigenvalue weighted by molar-refractivity contribution is 5.35. The molecule has 1 N–H and O–H groups in total. The number of nitrogens with one attached hydrogen (secondary N) is 1. The van der Waals surface area contributed by atoms with Crippen LogP contribution in [0.2, 0.25) is 0 Å². The van der Waals surface area contributed by atoms with E-state index in [0.717, 1.165) is 18.4 Å². The predicted octanol–water partition coefficient (Wildman–Crippen LogP) is 4.73. The minimum Gasteiger partial charge on any atom is -0.310 e. The van der Waals surface area contributed by atoms with Crippen molar-refractivity contribution in [3.05, 3.63) is 35.4 Å². The molecule has 1 aliphatic carbocycles. The zero-order valence-corrected chi connectivity index (χ0v) is 12.8. The van der Waals surface area contributed by atoms with E-state index in [-0.39, 0.29) is 0 Å². The molecule has 0 aliphatic heterocycles. The van der Waals surface area contributed by atoms with Gasteiger partial charge in [0.2, 0.25) is 0 Å². The first kappa shape index (κ1) is 14.6. The van der Waals surface area contributed by atoms with E-state index in [0.29, 0.717) is 6.04 Å². The van der Waals surface area contributed by atoms with Gasteiger partial charge >= 0.3 is 0 Å². The van der Waals surface area contributed by atoms with Gasteiger partial charge in [0.15, 0.2) is 0 Å². The Labute approximate surface area is 118 Å². The van der Waals surface area contributed by atoms with Crippen LogP contribution >= 0.6 is 0 Å². The van der Waals surface area contributed by atoms with E-state index in [4.69, 9.17) is 0 Å². The summed E-state index contributed by atoms with van der Waals surface area (Å²) >= 11 is 0. The first-order valence-electron chi connectivity index (χ1n) is 8.07. The van der Waals surface area contributed by atoms with Crippen molar-refractivity contribution in [1.82, 2.24) is 5.32 Å². The molecule has 1 aliphatic rings. The maximum Gasteiger partial charge on any atom is 0.0354 e. The Hall–Kier alpha value is -0.820. The lowest BCUT2D eigenvalue weighted by molar-refractivity contribution is 0.308. The van der Waals surface area contributed by atoms with Crippen LogP contribution in [-0.2, 0) is 6.42 Å². The molecule has 2 rings (SSSR count). The molecule has 0 amide bonds. The Bertz CT molecular complexity index is 385. The fourth-order valence-electron chi connectivity index (χ4n) is 3.60. The lowest BCUT2D eigenvalue weighted by Crippen LogP contribution is -2.27. The van der Waals surface area contributed by atoms with E-state index in [1.165, 1.54) is 32.1 Å². The maximum atomic E-state index is 3.79. The minimum absolute atomic E-state index is 0.593. The quantitative estimate of drug-likeness (QED) is 0.746. The Balaban J connectivity index is 2.07. The predicted molar refractivity (Wildman–Crippen MR) is 83.4 cm³/mol. The zero-order chi connectivity index (χ0) is 13.7. The summed E-state index contributed by atoms with van der Waals surface area (Å²) in [4.78, 5) is 0. The lowest BCUT2D eigenvalue weighted by atomic mass is 9.88. The van der Waals surface area contributed by atoms with Crippen LogP contribution in [0.4, 0.5) is 0 Å². The number of benzene rings is 1. The van der Waals surface area contributed by atoms with Crippen LogP contribution in [0.5, 0.6) is 0 Å². The third-order valence-corrected chi connectivity index (χ3v) is 4.44. The van der Waals surface area contributed by atoms with Crippen LogP contribution in [-0.4, -0.2) is 6.54 Å². The van der Waals surface area contributed by atoms with E-state index >= 15 is 0 Å². The number of hydrogen-bond donors (Lipinski definition) is 1. The van der Waals surface area contributed by atoms with E-state index < -0.39 is 0 Å². The molecule has 3 unspecified atom stereocenters. The van der Waals surface area contributed by atoms with Gasteiger partial charge in [-0.3, -0.25) is 0 Å². The molecule has 19 heavy (non-hydrogen) atoms. The second-order valence-corrected chi connectivity index (χ2v) is 6.22. The number of hydrogen-bond acceptors (Lipinski definition) is 1. The van der Waals surface area contributed by atoms with Gasteiger partial charge in [0.05, 0.1) is 0 Å². The molecule has 1 heteroatoms. The number of rotatable bonds is 7. The summed E-state index contributed by atoms with van der Waals surface area (Å²) in [6.07, 6.45) is 6.53. The fourth-order valence-corrected chi connectivity index (χ4v) is 3.60. The molecule has 0 heterocycles. The van der Waals surface area contributed by atoms with Crippen LogP contribution in [0, 0.1) is 11.8 Å². The second kappa shape index (κ2) is 7.09. The summed E-state index contributed by atoms with van der Waals surface area (Å²) in [6, 6.07) is 9.62. The molecule has 0 spiro atoms. The Kier molecular flexibility index (Phi) is 5.45. The van der Waals surface area contributed by atoms with Crippen molar-refractivity contribution < 1.29 is 0 Å². The minimum atomic E-state index is 0.593. The van der Waals surface area contributed by atoms with Gasteiger partial charge in [-0.05, 0) is 48.8 Å². The van der Waals surface area contributed by atoms with Crippen LogP contribution in [0.1, 0.15) is 63.6 Å². The van der Waals surface area contributed by atoms with Crippen LogP contribution in [0.25, 0.3) is 0 Å². The van der Waals surface area contributed by atoms with Crippen LogP contribution in [0.3, 0.4) is 0 Å². The van der Waals surface area contributed by atoms with E-state index in [9.17, 15) is 0 Å². The third-order valence-electron chi connectivity index (χ3n) is 4.44.